The fraction of sp³-hybridized carbons (Fsp3) is 0.966. The molecule has 3 aliphatic carbocycles. The Hall–Kier alpha value is -0.530. The molecule has 0 aromatic heterocycles. The molecule has 0 unspecified atom stereocenters. The molecule has 0 amide bonds. The van der Waals surface area contributed by atoms with Gasteiger partial charge in [-0.05, 0) is 49.4 Å². The molecule has 0 atom stereocenters. The number of aliphatic carboxylic acids is 1. The van der Waals surface area contributed by atoms with Gasteiger partial charge in [0, 0.05) is 6.42 Å². The van der Waals surface area contributed by atoms with Crippen LogP contribution in [0.2, 0.25) is 0 Å². The summed E-state index contributed by atoms with van der Waals surface area (Å²) in [5.41, 5.74) is 1.61. The van der Waals surface area contributed by atoms with E-state index in [1.54, 1.807) is 19.3 Å². The third kappa shape index (κ3) is 10.8. The third-order valence-corrected chi connectivity index (χ3v) is 8.41. The van der Waals surface area contributed by atoms with E-state index in [9.17, 15) is 4.79 Å². The highest BCUT2D eigenvalue weighted by Gasteiger charge is 2.65. The van der Waals surface area contributed by atoms with Gasteiger partial charge < -0.3 is 5.11 Å². The van der Waals surface area contributed by atoms with Crippen LogP contribution in [0.25, 0.3) is 0 Å². The molecule has 3 saturated carbocycles. The highest BCUT2D eigenvalue weighted by atomic mass is 16.4. The van der Waals surface area contributed by atoms with Crippen LogP contribution in [-0.2, 0) is 4.79 Å². The van der Waals surface area contributed by atoms with Crippen LogP contribution >= 0.6 is 0 Å². The summed E-state index contributed by atoms with van der Waals surface area (Å²) in [5, 5.41) is 8.64. The van der Waals surface area contributed by atoms with Crippen LogP contribution < -0.4 is 0 Å². The Morgan fingerprint density at radius 2 is 0.871 bits per heavy atom. The lowest BCUT2D eigenvalue weighted by Crippen LogP contribution is -2.61. The summed E-state index contributed by atoms with van der Waals surface area (Å²) in [5.74, 6) is -0.644. The average Bonchev–Trinajstić information content (AvgIpc) is 2.69. The van der Waals surface area contributed by atoms with E-state index < -0.39 is 5.97 Å². The molecule has 2 nitrogen and oxygen atoms in total. The number of unbranched alkanes of at least 4 members (excludes halogenated alkanes) is 17. The van der Waals surface area contributed by atoms with Gasteiger partial charge in [-0.2, -0.15) is 0 Å². The largest absolute Gasteiger partial charge is 0.481 e. The first-order chi connectivity index (χ1) is 15.1. The second kappa shape index (κ2) is 15.3. The van der Waals surface area contributed by atoms with Crippen molar-refractivity contribution >= 4 is 5.97 Å². The zero-order valence-corrected chi connectivity index (χ0v) is 21.0. The van der Waals surface area contributed by atoms with Crippen LogP contribution in [0.5, 0.6) is 0 Å². The number of hydrogen-bond acceptors (Lipinski definition) is 1. The van der Waals surface area contributed by atoms with Gasteiger partial charge in [-0.1, -0.05) is 122 Å². The van der Waals surface area contributed by atoms with Gasteiger partial charge in [-0.3, -0.25) is 4.79 Å². The van der Waals surface area contributed by atoms with Crippen molar-refractivity contribution in [2.45, 2.75) is 167 Å². The summed E-state index contributed by atoms with van der Waals surface area (Å²) >= 11 is 0. The van der Waals surface area contributed by atoms with Crippen LogP contribution in [0.4, 0.5) is 0 Å². The van der Waals surface area contributed by atoms with Gasteiger partial charge in [-0.25, -0.2) is 0 Å². The molecule has 3 fully saturated rings. The Bertz CT molecular complexity index is 450. The van der Waals surface area contributed by atoms with E-state index in [0.717, 1.165) is 23.7 Å². The zero-order valence-electron chi connectivity index (χ0n) is 21.0. The van der Waals surface area contributed by atoms with Gasteiger partial charge in [0.1, 0.15) is 0 Å². The highest BCUT2D eigenvalue weighted by Crippen LogP contribution is 2.76. The van der Waals surface area contributed by atoms with Crippen LogP contribution in [0.1, 0.15) is 167 Å². The van der Waals surface area contributed by atoms with E-state index in [2.05, 4.69) is 6.92 Å². The maximum atomic E-state index is 10.5. The van der Waals surface area contributed by atoms with E-state index >= 15 is 0 Å². The van der Waals surface area contributed by atoms with Gasteiger partial charge in [-0.15, -0.1) is 0 Å². The van der Waals surface area contributed by atoms with Crippen LogP contribution in [0.3, 0.4) is 0 Å². The minimum absolute atomic E-state index is 0.350. The van der Waals surface area contributed by atoms with Gasteiger partial charge in [0.25, 0.3) is 0 Å². The minimum Gasteiger partial charge on any atom is -0.481 e. The topological polar surface area (TPSA) is 37.3 Å². The third-order valence-electron chi connectivity index (χ3n) is 8.41. The van der Waals surface area contributed by atoms with Crippen LogP contribution in [0.15, 0.2) is 0 Å². The van der Waals surface area contributed by atoms with Crippen molar-refractivity contribution in [2.75, 3.05) is 0 Å². The summed E-state index contributed by atoms with van der Waals surface area (Å²) in [6.07, 6.45) is 34.3. The predicted octanol–water partition coefficient (Wildman–Crippen LogP) is 9.84. The van der Waals surface area contributed by atoms with Crippen LogP contribution in [-0.4, -0.2) is 11.1 Å². The lowest BCUT2D eigenvalue weighted by molar-refractivity contribution is -0.212. The van der Waals surface area contributed by atoms with Crippen molar-refractivity contribution in [1.82, 2.24) is 0 Å². The molecule has 2 bridgehead atoms. The number of carboxylic acids is 1. The monoisotopic (exact) mass is 434 g/mol. The van der Waals surface area contributed by atoms with Gasteiger partial charge in [0.05, 0.1) is 0 Å². The molecule has 0 aromatic rings. The van der Waals surface area contributed by atoms with Crippen LogP contribution in [0, 0.1) is 10.8 Å². The second-order valence-electron chi connectivity index (χ2n) is 11.5. The molecule has 31 heavy (non-hydrogen) atoms. The summed E-state index contributed by atoms with van der Waals surface area (Å²) in [4.78, 5) is 10.5. The van der Waals surface area contributed by atoms with Crippen molar-refractivity contribution in [3.05, 3.63) is 0 Å². The SMILES string of the molecule is CCCCCCCCCCCCCC12CC(CCCCCCCCCCC(=O)O)(C1)C2. The van der Waals surface area contributed by atoms with Crippen molar-refractivity contribution < 1.29 is 9.90 Å². The molecule has 0 heterocycles. The number of carbonyl (C=O) groups is 1. The van der Waals surface area contributed by atoms with Gasteiger partial charge in [0.2, 0.25) is 0 Å². The molecule has 3 aliphatic rings. The number of rotatable bonds is 23. The summed E-state index contributed by atoms with van der Waals surface area (Å²) < 4.78 is 0. The predicted molar refractivity (Wildman–Crippen MR) is 134 cm³/mol. The van der Waals surface area contributed by atoms with Crippen molar-refractivity contribution in [3.8, 4) is 0 Å². The molecular weight excluding hydrogens is 380 g/mol. The van der Waals surface area contributed by atoms with Crippen molar-refractivity contribution in [2.24, 2.45) is 10.8 Å². The van der Waals surface area contributed by atoms with E-state index in [1.165, 1.54) is 122 Å². The summed E-state index contributed by atoms with van der Waals surface area (Å²) in [7, 11) is 0. The van der Waals surface area contributed by atoms with E-state index in [0.29, 0.717) is 6.42 Å². The molecule has 0 saturated heterocycles. The zero-order chi connectivity index (χ0) is 22.3. The fourth-order valence-electron chi connectivity index (χ4n) is 6.76. The molecule has 182 valence electrons. The van der Waals surface area contributed by atoms with E-state index in [4.69, 9.17) is 5.11 Å². The second-order valence-corrected chi connectivity index (χ2v) is 11.5. The van der Waals surface area contributed by atoms with Crippen molar-refractivity contribution in [1.29, 1.82) is 0 Å². The van der Waals surface area contributed by atoms with E-state index in [1.807, 2.05) is 0 Å². The smallest absolute Gasteiger partial charge is 0.303 e. The fourth-order valence-corrected chi connectivity index (χ4v) is 6.76. The summed E-state index contributed by atoms with van der Waals surface area (Å²) in [6.45, 7) is 2.30. The molecule has 0 radical (unpaired) electrons. The number of carboxylic acid groups (broad SMARTS) is 1. The Morgan fingerprint density at radius 3 is 1.23 bits per heavy atom. The van der Waals surface area contributed by atoms with Crippen molar-refractivity contribution in [3.63, 3.8) is 0 Å². The first-order valence-electron chi connectivity index (χ1n) is 14.3. The Morgan fingerprint density at radius 1 is 0.548 bits per heavy atom. The molecule has 3 rings (SSSR count). The minimum atomic E-state index is -0.644. The standard InChI is InChI=1S/C29H54O2/c1-2-3-4-5-6-7-8-10-13-16-19-22-28-24-29(25-28,26-28)23-20-17-14-11-9-12-15-18-21-27(30)31/h2-26H2,1H3,(H,30,31). The maximum Gasteiger partial charge on any atom is 0.303 e. The first-order valence-corrected chi connectivity index (χ1v) is 14.3. The Balaban J connectivity index is 1.29. The normalized spacial score (nSPS) is 24.0. The van der Waals surface area contributed by atoms with E-state index in [-0.39, 0.29) is 0 Å². The Labute approximate surface area is 194 Å². The lowest BCUT2D eigenvalue weighted by atomic mass is 9.33. The molecule has 0 aromatic carbocycles. The van der Waals surface area contributed by atoms with Gasteiger partial charge in [0.15, 0.2) is 0 Å². The number of hydrogen-bond donors (Lipinski definition) is 1. The molecule has 1 N–H and O–H groups in total. The highest BCUT2D eigenvalue weighted by molar-refractivity contribution is 5.66. The van der Waals surface area contributed by atoms with Gasteiger partial charge >= 0.3 is 5.97 Å². The molecular formula is C29H54O2. The molecule has 2 heteroatoms. The lowest BCUT2D eigenvalue weighted by Gasteiger charge is -2.72. The molecule has 0 spiro atoms. The maximum absolute atomic E-state index is 10.5. The quantitative estimate of drug-likeness (QED) is 0.162. The molecule has 0 aliphatic heterocycles. The average molecular weight is 435 g/mol. The Kier molecular flexibility index (Phi) is 13.2. The first kappa shape index (κ1) is 26.7. The summed E-state index contributed by atoms with van der Waals surface area (Å²) in [6, 6.07) is 0.